The van der Waals surface area contributed by atoms with Gasteiger partial charge in [0, 0.05) is 11.3 Å². The van der Waals surface area contributed by atoms with Crippen LogP contribution in [0.1, 0.15) is 22.8 Å². The van der Waals surface area contributed by atoms with Crippen LogP contribution in [0.2, 0.25) is 0 Å². The van der Waals surface area contributed by atoms with Crippen molar-refractivity contribution in [1.82, 2.24) is 0 Å². The van der Waals surface area contributed by atoms with E-state index in [0.29, 0.717) is 12.2 Å². The average molecular weight is 255 g/mol. The highest BCUT2D eigenvalue weighted by atomic mass is 16.5. The number of anilines is 1. The van der Waals surface area contributed by atoms with Crippen LogP contribution in [0.15, 0.2) is 48.5 Å². The van der Waals surface area contributed by atoms with Gasteiger partial charge in [-0.25, -0.2) is 0 Å². The SMILES string of the molecule is CCOc1ccc(C(=O)Nc2cccc(C)c2)cc1. The molecule has 98 valence electrons. The molecule has 1 N–H and O–H groups in total. The molecule has 0 atom stereocenters. The third-order valence-corrected chi connectivity index (χ3v) is 2.70. The van der Waals surface area contributed by atoms with Gasteiger partial charge in [-0.3, -0.25) is 4.79 Å². The highest BCUT2D eigenvalue weighted by Crippen LogP contribution is 2.15. The second kappa shape index (κ2) is 6.05. The summed E-state index contributed by atoms with van der Waals surface area (Å²) < 4.78 is 5.34. The van der Waals surface area contributed by atoms with E-state index in [1.807, 2.05) is 38.1 Å². The van der Waals surface area contributed by atoms with Gasteiger partial charge in [-0.1, -0.05) is 12.1 Å². The smallest absolute Gasteiger partial charge is 0.255 e. The fraction of sp³-hybridized carbons (Fsp3) is 0.188. The van der Waals surface area contributed by atoms with Gasteiger partial charge in [-0.15, -0.1) is 0 Å². The van der Waals surface area contributed by atoms with Crippen molar-refractivity contribution in [3.8, 4) is 5.75 Å². The number of hydrogen-bond donors (Lipinski definition) is 1. The quantitative estimate of drug-likeness (QED) is 0.905. The largest absolute Gasteiger partial charge is 0.494 e. The molecule has 0 aromatic heterocycles. The summed E-state index contributed by atoms with van der Waals surface area (Å²) in [6.45, 7) is 4.54. The maximum atomic E-state index is 12.0. The van der Waals surface area contributed by atoms with Crippen LogP contribution in [0, 0.1) is 6.92 Å². The third kappa shape index (κ3) is 3.58. The molecule has 0 saturated heterocycles. The predicted molar refractivity (Wildman–Crippen MR) is 76.7 cm³/mol. The van der Waals surface area contributed by atoms with E-state index in [2.05, 4.69) is 5.32 Å². The molecule has 0 saturated carbocycles. The molecule has 0 spiro atoms. The topological polar surface area (TPSA) is 38.3 Å². The Morgan fingerprint density at radius 1 is 1.16 bits per heavy atom. The first-order valence-electron chi connectivity index (χ1n) is 6.30. The fourth-order valence-corrected chi connectivity index (χ4v) is 1.80. The number of hydrogen-bond acceptors (Lipinski definition) is 2. The van der Waals surface area contributed by atoms with E-state index < -0.39 is 0 Å². The van der Waals surface area contributed by atoms with Crippen molar-refractivity contribution in [3.63, 3.8) is 0 Å². The summed E-state index contributed by atoms with van der Waals surface area (Å²) in [6.07, 6.45) is 0. The molecule has 2 aromatic rings. The molecule has 2 rings (SSSR count). The lowest BCUT2D eigenvalue weighted by molar-refractivity contribution is 0.102. The minimum absolute atomic E-state index is 0.117. The van der Waals surface area contributed by atoms with Crippen LogP contribution >= 0.6 is 0 Å². The van der Waals surface area contributed by atoms with Gasteiger partial charge in [-0.05, 0) is 55.8 Å². The Bertz CT molecular complexity index is 561. The lowest BCUT2D eigenvalue weighted by atomic mass is 10.2. The van der Waals surface area contributed by atoms with Crippen LogP contribution in [0.4, 0.5) is 5.69 Å². The van der Waals surface area contributed by atoms with E-state index in [-0.39, 0.29) is 5.91 Å². The Hall–Kier alpha value is -2.29. The molecule has 0 radical (unpaired) electrons. The Morgan fingerprint density at radius 2 is 1.89 bits per heavy atom. The zero-order valence-corrected chi connectivity index (χ0v) is 11.1. The summed E-state index contributed by atoms with van der Waals surface area (Å²) in [5.41, 5.74) is 2.54. The van der Waals surface area contributed by atoms with Crippen molar-refractivity contribution in [2.45, 2.75) is 13.8 Å². The Balaban J connectivity index is 2.07. The zero-order valence-electron chi connectivity index (χ0n) is 11.1. The average Bonchev–Trinajstić information content (AvgIpc) is 2.40. The highest BCUT2D eigenvalue weighted by molar-refractivity contribution is 6.04. The number of ether oxygens (including phenoxy) is 1. The zero-order chi connectivity index (χ0) is 13.7. The van der Waals surface area contributed by atoms with E-state index in [1.165, 1.54) is 0 Å². The van der Waals surface area contributed by atoms with Crippen LogP contribution in [0.25, 0.3) is 0 Å². The standard InChI is InChI=1S/C16H17NO2/c1-3-19-15-9-7-13(8-10-15)16(18)17-14-6-4-5-12(2)11-14/h4-11H,3H2,1-2H3,(H,17,18). The lowest BCUT2D eigenvalue weighted by Gasteiger charge is -2.07. The second-order valence-electron chi connectivity index (χ2n) is 4.28. The van der Waals surface area contributed by atoms with Crippen LogP contribution in [-0.2, 0) is 0 Å². The first-order valence-corrected chi connectivity index (χ1v) is 6.30. The molecule has 0 heterocycles. The number of benzene rings is 2. The van der Waals surface area contributed by atoms with Gasteiger partial charge in [-0.2, -0.15) is 0 Å². The van der Waals surface area contributed by atoms with Gasteiger partial charge < -0.3 is 10.1 Å². The van der Waals surface area contributed by atoms with Gasteiger partial charge >= 0.3 is 0 Å². The van der Waals surface area contributed by atoms with E-state index in [9.17, 15) is 4.79 Å². The Morgan fingerprint density at radius 3 is 2.53 bits per heavy atom. The van der Waals surface area contributed by atoms with Gasteiger partial charge in [0.25, 0.3) is 5.91 Å². The first-order chi connectivity index (χ1) is 9.19. The molecule has 3 nitrogen and oxygen atoms in total. The minimum Gasteiger partial charge on any atom is -0.494 e. The summed E-state index contributed by atoms with van der Waals surface area (Å²) in [5, 5.41) is 2.87. The fourth-order valence-electron chi connectivity index (χ4n) is 1.80. The lowest BCUT2D eigenvalue weighted by Crippen LogP contribution is -2.11. The Kier molecular flexibility index (Phi) is 4.18. The second-order valence-corrected chi connectivity index (χ2v) is 4.28. The molecule has 3 heteroatoms. The summed E-state index contributed by atoms with van der Waals surface area (Å²) in [7, 11) is 0. The molecule has 1 amide bonds. The number of carbonyl (C=O) groups excluding carboxylic acids is 1. The van der Waals surface area contributed by atoms with Crippen molar-refractivity contribution in [2.75, 3.05) is 11.9 Å². The van der Waals surface area contributed by atoms with Crippen molar-refractivity contribution in [3.05, 3.63) is 59.7 Å². The van der Waals surface area contributed by atoms with Crippen LogP contribution in [0.5, 0.6) is 5.75 Å². The molecular formula is C16H17NO2. The minimum atomic E-state index is -0.117. The van der Waals surface area contributed by atoms with E-state index in [0.717, 1.165) is 17.0 Å². The first kappa shape index (κ1) is 13.1. The van der Waals surface area contributed by atoms with Crippen LogP contribution in [-0.4, -0.2) is 12.5 Å². The van der Waals surface area contributed by atoms with Gasteiger partial charge in [0.15, 0.2) is 0 Å². The molecule has 0 fully saturated rings. The van der Waals surface area contributed by atoms with Crippen molar-refractivity contribution < 1.29 is 9.53 Å². The summed E-state index contributed by atoms with van der Waals surface area (Å²) >= 11 is 0. The number of amides is 1. The van der Waals surface area contributed by atoms with Gasteiger partial charge in [0.2, 0.25) is 0 Å². The molecule has 2 aromatic carbocycles. The van der Waals surface area contributed by atoms with Crippen LogP contribution in [0.3, 0.4) is 0 Å². The maximum absolute atomic E-state index is 12.0. The number of carbonyl (C=O) groups is 1. The number of rotatable bonds is 4. The molecule has 0 aliphatic heterocycles. The van der Waals surface area contributed by atoms with E-state index >= 15 is 0 Å². The molecule has 0 aliphatic rings. The monoisotopic (exact) mass is 255 g/mol. The molecule has 0 aliphatic carbocycles. The van der Waals surface area contributed by atoms with Crippen molar-refractivity contribution >= 4 is 11.6 Å². The summed E-state index contributed by atoms with van der Waals surface area (Å²) in [6, 6.07) is 14.8. The van der Waals surface area contributed by atoms with Gasteiger partial charge in [0.05, 0.1) is 6.61 Å². The molecule has 19 heavy (non-hydrogen) atoms. The summed E-state index contributed by atoms with van der Waals surface area (Å²) in [5.74, 6) is 0.656. The number of aryl methyl sites for hydroxylation is 1. The summed E-state index contributed by atoms with van der Waals surface area (Å²) in [4.78, 5) is 12.0. The normalized spacial score (nSPS) is 10.0. The third-order valence-electron chi connectivity index (χ3n) is 2.70. The maximum Gasteiger partial charge on any atom is 0.255 e. The van der Waals surface area contributed by atoms with Crippen LogP contribution < -0.4 is 10.1 Å². The molecule has 0 unspecified atom stereocenters. The van der Waals surface area contributed by atoms with Crippen molar-refractivity contribution in [1.29, 1.82) is 0 Å². The number of nitrogens with one attached hydrogen (secondary N) is 1. The van der Waals surface area contributed by atoms with E-state index in [1.54, 1.807) is 24.3 Å². The Labute approximate surface area is 113 Å². The van der Waals surface area contributed by atoms with Gasteiger partial charge in [0.1, 0.15) is 5.75 Å². The molecular weight excluding hydrogens is 238 g/mol. The molecule has 0 bridgehead atoms. The van der Waals surface area contributed by atoms with Crippen molar-refractivity contribution in [2.24, 2.45) is 0 Å². The van der Waals surface area contributed by atoms with E-state index in [4.69, 9.17) is 4.74 Å². The highest BCUT2D eigenvalue weighted by Gasteiger charge is 2.06. The predicted octanol–water partition coefficient (Wildman–Crippen LogP) is 3.65.